The summed E-state index contributed by atoms with van der Waals surface area (Å²) in [6.07, 6.45) is 0.548. The molecule has 3 nitrogen and oxygen atoms in total. The van der Waals surface area contributed by atoms with Gasteiger partial charge in [-0.15, -0.1) is 0 Å². The fourth-order valence-electron chi connectivity index (χ4n) is 1.66. The smallest absolute Gasteiger partial charge is 0.230 e. The van der Waals surface area contributed by atoms with Gasteiger partial charge in [-0.25, -0.2) is 0 Å². The number of carbonyl (C=O) groups is 1. The van der Waals surface area contributed by atoms with Gasteiger partial charge < -0.3 is 11.1 Å². The highest BCUT2D eigenvalue weighted by atomic mass is 32.1. The number of hydrogen-bond acceptors (Lipinski definition) is 2. The Balaban J connectivity index is 2.73. The summed E-state index contributed by atoms with van der Waals surface area (Å²) in [5.74, 6) is -0.149. The normalized spacial score (nSPS) is 13.9. The first-order chi connectivity index (χ1) is 8.91. The molecule has 0 aliphatic heterocycles. The molecule has 0 saturated heterocycles. The largest absolute Gasteiger partial charge is 0.393 e. The van der Waals surface area contributed by atoms with Crippen molar-refractivity contribution in [1.82, 2.24) is 5.32 Å². The summed E-state index contributed by atoms with van der Waals surface area (Å²) in [6.45, 7) is 6.12. The van der Waals surface area contributed by atoms with Gasteiger partial charge in [0.15, 0.2) is 0 Å². The molecule has 0 aromatic heterocycles. The molecular weight excluding hydrogens is 256 g/mol. The second-order valence-electron chi connectivity index (χ2n) is 5.19. The lowest BCUT2D eigenvalue weighted by atomic mass is 9.97. The van der Waals surface area contributed by atoms with Crippen molar-refractivity contribution in [3.8, 4) is 0 Å². The second kappa shape index (κ2) is 7.24. The van der Waals surface area contributed by atoms with Crippen LogP contribution in [-0.2, 0) is 11.2 Å². The minimum atomic E-state index is -0.446. The Morgan fingerprint density at radius 2 is 1.84 bits per heavy atom. The SMILES string of the molecule is CC(C)C(C)NC(=O)C(Cc1ccccc1)C(N)=S. The van der Waals surface area contributed by atoms with Gasteiger partial charge in [-0.1, -0.05) is 56.4 Å². The van der Waals surface area contributed by atoms with Crippen molar-refractivity contribution in [2.75, 3.05) is 0 Å². The minimum absolute atomic E-state index is 0.0856. The maximum Gasteiger partial charge on any atom is 0.230 e. The van der Waals surface area contributed by atoms with Crippen molar-refractivity contribution in [3.05, 3.63) is 35.9 Å². The van der Waals surface area contributed by atoms with Crippen molar-refractivity contribution >= 4 is 23.1 Å². The van der Waals surface area contributed by atoms with Crippen molar-refractivity contribution < 1.29 is 4.79 Å². The molecule has 0 aliphatic rings. The zero-order valence-corrected chi connectivity index (χ0v) is 12.5. The summed E-state index contributed by atoms with van der Waals surface area (Å²) in [5.41, 5.74) is 6.77. The summed E-state index contributed by atoms with van der Waals surface area (Å²) in [4.78, 5) is 12.5. The number of amides is 1. The molecule has 0 heterocycles. The maximum absolute atomic E-state index is 12.2. The van der Waals surface area contributed by atoms with E-state index in [1.165, 1.54) is 0 Å². The van der Waals surface area contributed by atoms with Gasteiger partial charge in [-0.3, -0.25) is 4.79 Å². The van der Waals surface area contributed by atoms with Gasteiger partial charge in [0, 0.05) is 6.04 Å². The maximum atomic E-state index is 12.2. The van der Waals surface area contributed by atoms with E-state index in [0.29, 0.717) is 12.3 Å². The highest BCUT2D eigenvalue weighted by Gasteiger charge is 2.23. The summed E-state index contributed by atoms with van der Waals surface area (Å²) in [6, 6.07) is 9.90. The Bertz CT molecular complexity index is 431. The lowest BCUT2D eigenvalue weighted by Crippen LogP contribution is -2.44. The van der Waals surface area contributed by atoms with Crippen LogP contribution in [0.5, 0.6) is 0 Å². The lowest BCUT2D eigenvalue weighted by Gasteiger charge is -2.22. The van der Waals surface area contributed by atoms with E-state index in [1.807, 2.05) is 37.3 Å². The Morgan fingerprint density at radius 1 is 1.26 bits per heavy atom. The fourth-order valence-corrected chi connectivity index (χ4v) is 1.85. The lowest BCUT2D eigenvalue weighted by molar-refractivity contribution is -0.123. The average Bonchev–Trinajstić information content (AvgIpc) is 2.36. The standard InChI is InChI=1S/C15H22N2OS/c1-10(2)11(3)17-15(18)13(14(16)19)9-12-7-5-4-6-8-12/h4-8,10-11,13H,9H2,1-3H3,(H2,16,19)(H,17,18). The monoisotopic (exact) mass is 278 g/mol. The molecule has 1 aromatic rings. The zero-order chi connectivity index (χ0) is 14.4. The van der Waals surface area contributed by atoms with Gasteiger partial charge in [0.1, 0.15) is 0 Å². The molecule has 4 heteroatoms. The van der Waals surface area contributed by atoms with Crippen molar-refractivity contribution in [3.63, 3.8) is 0 Å². The van der Waals surface area contributed by atoms with E-state index in [-0.39, 0.29) is 16.9 Å². The van der Waals surface area contributed by atoms with Gasteiger partial charge in [-0.05, 0) is 24.8 Å². The van der Waals surface area contributed by atoms with Gasteiger partial charge in [0.25, 0.3) is 0 Å². The quantitative estimate of drug-likeness (QED) is 0.785. The molecule has 0 radical (unpaired) electrons. The highest BCUT2D eigenvalue weighted by Crippen LogP contribution is 2.11. The molecule has 0 saturated carbocycles. The first-order valence-corrected chi connectivity index (χ1v) is 6.96. The molecule has 0 spiro atoms. The molecule has 1 rings (SSSR count). The number of benzene rings is 1. The summed E-state index contributed by atoms with van der Waals surface area (Å²) < 4.78 is 0. The van der Waals surface area contributed by atoms with Crippen molar-refractivity contribution in [1.29, 1.82) is 0 Å². The molecule has 0 fully saturated rings. The zero-order valence-electron chi connectivity index (χ0n) is 11.7. The fraction of sp³-hybridized carbons (Fsp3) is 0.467. The van der Waals surface area contributed by atoms with Crippen LogP contribution < -0.4 is 11.1 Å². The molecule has 2 atom stereocenters. The Labute approximate surface area is 120 Å². The van der Waals surface area contributed by atoms with E-state index in [4.69, 9.17) is 18.0 Å². The van der Waals surface area contributed by atoms with Crippen LogP contribution in [0.25, 0.3) is 0 Å². The number of carbonyl (C=O) groups excluding carboxylic acids is 1. The third-order valence-electron chi connectivity index (χ3n) is 3.31. The predicted octanol–water partition coefficient (Wildman–Crippen LogP) is 2.29. The van der Waals surface area contributed by atoms with Crippen LogP contribution in [0.4, 0.5) is 0 Å². The van der Waals surface area contributed by atoms with Crippen molar-refractivity contribution in [2.24, 2.45) is 17.6 Å². The van der Waals surface area contributed by atoms with E-state index in [9.17, 15) is 4.79 Å². The molecule has 0 bridgehead atoms. The third-order valence-corrected chi connectivity index (χ3v) is 3.60. The van der Waals surface area contributed by atoms with E-state index in [2.05, 4.69) is 19.2 Å². The molecule has 3 N–H and O–H groups in total. The third kappa shape index (κ3) is 4.99. The summed E-state index contributed by atoms with van der Waals surface area (Å²) in [5, 5.41) is 2.97. The first kappa shape index (κ1) is 15.6. The highest BCUT2D eigenvalue weighted by molar-refractivity contribution is 7.80. The molecule has 1 aromatic carbocycles. The summed E-state index contributed by atoms with van der Waals surface area (Å²) >= 11 is 5.03. The van der Waals surface area contributed by atoms with Crippen LogP contribution in [-0.4, -0.2) is 16.9 Å². The van der Waals surface area contributed by atoms with Gasteiger partial charge in [0.2, 0.25) is 5.91 Å². The number of nitrogens with one attached hydrogen (secondary N) is 1. The first-order valence-electron chi connectivity index (χ1n) is 6.55. The van der Waals surface area contributed by atoms with E-state index in [0.717, 1.165) is 5.56 Å². The van der Waals surface area contributed by atoms with Crippen LogP contribution in [0.3, 0.4) is 0 Å². The van der Waals surface area contributed by atoms with E-state index < -0.39 is 5.92 Å². The molecule has 104 valence electrons. The van der Waals surface area contributed by atoms with Gasteiger partial charge in [0.05, 0.1) is 10.9 Å². The van der Waals surface area contributed by atoms with Crippen LogP contribution in [0.15, 0.2) is 30.3 Å². The second-order valence-corrected chi connectivity index (χ2v) is 5.66. The van der Waals surface area contributed by atoms with E-state index >= 15 is 0 Å². The number of hydrogen-bond donors (Lipinski definition) is 2. The van der Waals surface area contributed by atoms with Crippen LogP contribution >= 0.6 is 12.2 Å². The molecular formula is C15H22N2OS. The van der Waals surface area contributed by atoms with E-state index in [1.54, 1.807) is 0 Å². The predicted molar refractivity (Wildman–Crippen MR) is 82.9 cm³/mol. The van der Waals surface area contributed by atoms with Gasteiger partial charge >= 0.3 is 0 Å². The van der Waals surface area contributed by atoms with Crippen LogP contribution in [0.2, 0.25) is 0 Å². The molecule has 0 aliphatic carbocycles. The molecule has 1 amide bonds. The minimum Gasteiger partial charge on any atom is -0.393 e. The summed E-state index contributed by atoms with van der Waals surface area (Å²) in [7, 11) is 0. The topological polar surface area (TPSA) is 55.1 Å². The van der Waals surface area contributed by atoms with Crippen LogP contribution in [0.1, 0.15) is 26.3 Å². The molecule has 19 heavy (non-hydrogen) atoms. The number of thiocarbonyl (C=S) groups is 1. The van der Waals surface area contributed by atoms with Crippen molar-refractivity contribution in [2.45, 2.75) is 33.2 Å². The Kier molecular flexibility index (Phi) is 5.96. The Hall–Kier alpha value is -1.42. The molecule has 2 unspecified atom stereocenters. The van der Waals surface area contributed by atoms with Crippen LogP contribution in [0, 0.1) is 11.8 Å². The number of nitrogens with two attached hydrogens (primary N) is 1. The number of rotatable bonds is 6. The Morgan fingerprint density at radius 3 is 2.32 bits per heavy atom. The van der Waals surface area contributed by atoms with Gasteiger partial charge in [-0.2, -0.15) is 0 Å². The average molecular weight is 278 g/mol.